The van der Waals surface area contributed by atoms with E-state index in [0.29, 0.717) is 22.1 Å². The highest BCUT2D eigenvalue weighted by atomic mass is 35.5. The van der Waals surface area contributed by atoms with Crippen LogP contribution < -0.4 is 14.9 Å². The molecule has 128 valence electrons. The van der Waals surface area contributed by atoms with E-state index >= 15 is 0 Å². The molecule has 1 amide bonds. The molecule has 0 aliphatic carbocycles. The zero-order chi connectivity index (χ0) is 18.2. The van der Waals surface area contributed by atoms with E-state index in [0.717, 1.165) is 0 Å². The quantitative estimate of drug-likeness (QED) is 0.614. The van der Waals surface area contributed by atoms with E-state index < -0.39 is 5.91 Å². The molecule has 0 fully saturated rings. The van der Waals surface area contributed by atoms with Gasteiger partial charge in [-0.15, -0.1) is 0 Å². The third-order valence-corrected chi connectivity index (χ3v) is 3.58. The van der Waals surface area contributed by atoms with Crippen LogP contribution in [-0.4, -0.2) is 25.8 Å². The van der Waals surface area contributed by atoms with Gasteiger partial charge in [-0.25, -0.2) is 5.43 Å². The van der Waals surface area contributed by atoms with Gasteiger partial charge in [0.25, 0.3) is 5.91 Å². The molecular formula is C17H13Cl2N3O3. The van der Waals surface area contributed by atoms with Gasteiger partial charge in [-0.2, -0.15) is 10.4 Å². The second-order valence-corrected chi connectivity index (χ2v) is 5.52. The lowest BCUT2D eigenvalue weighted by Gasteiger charge is -2.08. The van der Waals surface area contributed by atoms with Crippen molar-refractivity contribution in [2.24, 2.45) is 5.10 Å². The maximum Gasteiger partial charge on any atom is 0.272 e. The molecule has 2 aromatic rings. The molecular weight excluding hydrogens is 365 g/mol. The second kappa shape index (κ2) is 8.92. The SMILES string of the molecule is COc1cc(/C=N\NC(=O)c2ccc(Cl)cc2Cl)ccc1OCC#N. The van der Waals surface area contributed by atoms with Crippen molar-refractivity contribution in [3.8, 4) is 17.6 Å². The number of rotatable bonds is 6. The molecule has 0 spiro atoms. The predicted octanol–water partition coefficient (Wildman–Crippen LogP) is 3.67. The predicted molar refractivity (Wildman–Crippen MR) is 95.6 cm³/mol. The summed E-state index contributed by atoms with van der Waals surface area (Å²) >= 11 is 11.8. The summed E-state index contributed by atoms with van der Waals surface area (Å²) in [6.07, 6.45) is 1.44. The van der Waals surface area contributed by atoms with Crippen molar-refractivity contribution in [2.45, 2.75) is 0 Å². The Hall–Kier alpha value is -2.75. The van der Waals surface area contributed by atoms with Crippen LogP contribution in [0.1, 0.15) is 15.9 Å². The summed E-state index contributed by atoms with van der Waals surface area (Å²) in [5.74, 6) is 0.434. The molecule has 0 atom stereocenters. The second-order valence-electron chi connectivity index (χ2n) is 4.68. The monoisotopic (exact) mass is 377 g/mol. The van der Waals surface area contributed by atoms with E-state index in [1.807, 2.05) is 6.07 Å². The largest absolute Gasteiger partial charge is 0.493 e. The number of carbonyl (C=O) groups excluding carboxylic acids is 1. The van der Waals surface area contributed by atoms with Gasteiger partial charge in [0, 0.05) is 5.02 Å². The Kier molecular flexibility index (Phi) is 6.63. The van der Waals surface area contributed by atoms with Crippen molar-refractivity contribution in [2.75, 3.05) is 13.7 Å². The lowest BCUT2D eigenvalue weighted by atomic mass is 10.2. The van der Waals surface area contributed by atoms with Gasteiger partial charge >= 0.3 is 0 Å². The zero-order valence-corrected chi connectivity index (χ0v) is 14.6. The van der Waals surface area contributed by atoms with Gasteiger partial charge in [-0.3, -0.25) is 4.79 Å². The van der Waals surface area contributed by atoms with Crippen LogP contribution in [-0.2, 0) is 0 Å². The molecule has 0 bridgehead atoms. The maximum atomic E-state index is 12.0. The van der Waals surface area contributed by atoms with Gasteiger partial charge in [-0.05, 0) is 42.0 Å². The fourth-order valence-corrected chi connectivity index (χ4v) is 2.39. The Morgan fingerprint density at radius 1 is 1.28 bits per heavy atom. The summed E-state index contributed by atoms with van der Waals surface area (Å²) in [5.41, 5.74) is 3.32. The molecule has 0 radical (unpaired) electrons. The first-order valence-electron chi connectivity index (χ1n) is 7.01. The molecule has 2 rings (SSSR count). The Labute approximate surface area is 154 Å². The number of carbonyl (C=O) groups is 1. The molecule has 0 unspecified atom stereocenters. The number of hydrogen-bond acceptors (Lipinski definition) is 5. The van der Waals surface area contributed by atoms with Gasteiger partial charge in [0.1, 0.15) is 6.07 Å². The van der Waals surface area contributed by atoms with Crippen LogP contribution in [0.4, 0.5) is 0 Å². The fraction of sp³-hybridized carbons (Fsp3) is 0.118. The van der Waals surface area contributed by atoms with Crippen molar-refractivity contribution in [3.63, 3.8) is 0 Å². The smallest absolute Gasteiger partial charge is 0.272 e. The van der Waals surface area contributed by atoms with Gasteiger partial charge in [0.2, 0.25) is 0 Å². The highest BCUT2D eigenvalue weighted by Gasteiger charge is 2.10. The van der Waals surface area contributed by atoms with Gasteiger partial charge in [-0.1, -0.05) is 23.2 Å². The number of nitriles is 1. The van der Waals surface area contributed by atoms with Crippen LogP contribution in [0.25, 0.3) is 0 Å². The van der Waals surface area contributed by atoms with E-state index in [1.165, 1.54) is 25.5 Å². The average molecular weight is 378 g/mol. The molecule has 0 aliphatic rings. The minimum absolute atomic E-state index is 0.0816. The standard InChI is InChI=1S/C17H13Cl2N3O3/c1-24-16-8-11(2-5-15(16)25-7-6-20)10-21-22-17(23)13-4-3-12(18)9-14(13)19/h2-5,8-10H,7H2,1H3,(H,22,23)/b21-10-. The van der Waals surface area contributed by atoms with E-state index in [9.17, 15) is 4.79 Å². The van der Waals surface area contributed by atoms with Crippen molar-refractivity contribution in [1.29, 1.82) is 5.26 Å². The fourth-order valence-electron chi connectivity index (χ4n) is 1.89. The lowest BCUT2D eigenvalue weighted by molar-refractivity contribution is 0.0955. The first-order chi connectivity index (χ1) is 12.0. The molecule has 0 saturated heterocycles. The van der Waals surface area contributed by atoms with Gasteiger partial charge in [0.15, 0.2) is 18.1 Å². The number of hydrogen-bond donors (Lipinski definition) is 1. The van der Waals surface area contributed by atoms with E-state index in [1.54, 1.807) is 24.3 Å². The molecule has 2 aromatic carbocycles. The number of methoxy groups -OCH3 is 1. The molecule has 0 aliphatic heterocycles. The van der Waals surface area contributed by atoms with Crippen molar-refractivity contribution in [3.05, 3.63) is 57.6 Å². The molecule has 6 nitrogen and oxygen atoms in total. The average Bonchev–Trinajstić information content (AvgIpc) is 2.60. The lowest BCUT2D eigenvalue weighted by Crippen LogP contribution is -2.18. The Morgan fingerprint density at radius 3 is 2.76 bits per heavy atom. The minimum Gasteiger partial charge on any atom is -0.493 e. The van der Waals surface area contributed by atoms with Crippen LogP contribution >= 0.6 is 23.2 Å². The summed E-state index contributed by atoms with van der Waals surface area (Å²) in [4.78, 5) is 12.0. The van der Waals surface area contributed by atoms with Crippen molar-refractivity contribution in [1.82, 2.24) is 5.43 Å². The van der Waals surface area contributed by atoms with E-state index in [4.69, 9.17) is 37.9 Å². The summed E-state index contributed by atoms with van der Waals surface area (Å²) in [6, 6.07) is 11.5. The van der Waals surface area contributed by atoms with Crippen molar-refractivity contribution >= 4 is 35.3 Å². The maximum absolute atomic E-state index is 12.0. The number of ether oxygens (including phenoxy) is 2. The number of benzene rings is 2. The molecule has 0 saturated carbocycles. The number of nitrogens with one attached hydrogen (secondary N) is 1. The number of halogens is 2. The first kappa shape index (κ1) is 18.6. The minimum atomic E-state index is -0.459. The summed E-state index contributed by atoms with van der Waals surface area (Å²) in [6.45, 7) is -0.0816. The number of nitrogens with zero attached hydrogens (tertiary/aromatic N) is 2. The van der Waals surface area contributed by atoms with Crippen LogP contribution in [0.15, 0.2) is 41.5 Å². The highest BCUT2D eigenvalue weighted by molar-refractivity contribution is 6.36. The highest BCUT2D eigenvalue weighted by Crippen LogP contribution is 2.27. The third kappa shape index (κ3) is 5.11. The molecule has 8 heteroatoms. The van der Waals surface area contributed by atoms with Crippen molar-refractivity contribution < 1.29 is 14.3 Å². The molecule has 25 heavy (non-hydrogen) atoms. The van der Waals surface area contributed by atoms with Gasteiger partial charge in [0.05, 0.1) is 23.9 Å². The van der Waals surface area contributed by atoms with E-state index in [2.05, 4.69) is 10.5 Å². The van der Waals surface area contributed by atoms with Crippen LogP contribution in [0.2, 0.25) is 10.0 Å². The summed E-state index contributed by atoms with van der Waals surface area (Å²) in [7, 11) is 1.49. The summed E-state index contributed by atoms with van der Waals surface area (Å²) in [5, 5.41) is 13.1. The topological polar surface area (TPSA) is 83.7 Å². The van der Waals surface area contributed by atoms with Crippen LogP contribution in [0.3, 0.4) is 0 Å². The third-order valence-electron chi connectivity index (χ3n) is 3.04. The first-order valence-corrected chi connectivity index (χ1v) is 7.77. The van der Waals surface area contributed by atoms with Gasteiger partial charge < -0.3 is 9.47 Å². The molecule has 1 N–H and O–H groups in total. The molecule has 0 heterocycles. The normalized spacial score (nSPS) is 10.3. The number of hydrazone groups is 1. The molecule has 0 aromatic heterocycles. The van der Waals surface area contributed by atoms with Crippen LogP contribution in [0, 0.1) is 11.3 Å². The Balaban J connectivity index is 2.06. The van der Waals surface area contributed by atoms with E-state index in [-0.39, 0.29) is 17.2 Å². The van der Waals surface area contributed by atoms with Crippen LogP contribution in [0.5, 0.6) is 11.5 Å². The Morgan fingerprint density at radius 2 is 2.08 bits per heavy atom. The zero-order valence-electron chi connectivity index (χ0n) is 13.1. The Bertz CT molecular complexity index is 848. The number of amides is 1. The summed E-state index contributed by atoms with van der Waals surface area (Å²) < 4.78 is 10.4.